The van der Waals surface area contributed by atoms with Gasteiger partial charge in [0, 0.05) is 5.92 Å². The molecule has 2 atom stereocenters. The number of nitrogens with two attached hydrogens (primary N) is 1. The van der Waals surface area contributed by atoms with E-state index < -0.39 is 11.6 Å². The van der Waals surface area contributed by atoms with Gasteiger partial charge in [0.25, 0.3) is 0 Å². The normalized spacial score (nSPS) is 21.7. The average molecular weight is 361 g/mol. The first-order valence-electron chi connectivity index (χ1n) is 9.50. The van der Waals surface area contributed by atoms with Crippen molar-refractivity contribution >= 4 is 17.6 Å². The second-order valence-corrected chi connectivity index (χ2v) is 7.48. The molecule has 0 aliphatic heterocycles. The molecule has 0 radical (unpaired) electrons. The first-order valence-corrected chi connectivity index (χ1v) is 9.00. The third-order valence-corrected chi connectivity index (χ3v) is 5.01. The zero-order chi connectivity index (χ0) is 20.0. The molecule has 1 aromatic carbocycles. The predicted molar refractivity (Wildman–Crippen MR) is 99.9 cm³/mol. The summed E-state index contributed by atoms with van der Waals surface area (Å²) < 4.78 is 6.88. The highest BCUT2D eigenvalue weighted by Crippen LogP contribution is 2.39. The van der Waals surface area contributed by atoms with Gasteiger partial charge >= 0.3 is 5.97 Å². The van der Waals surface area contributed by atoms with Gasteiger partial charge in [-0.3, -0.25) is 4.79 Å². The molecule has 1 saturated carbocycles. The van der Waals surface area contributed by atoms with Crippen LogP contribution in [0.25, 0.3) is 0 Å². The van der Waals surface area contributed by atoms with E-state index in [1.165, 1.54) is 19.4 Å². The maximum atomic E-state index is 11.3. The Kier molecular flexibility index (Phi) is 5.91. The van der Waals surface area contributed by atoms with Crippen LogP contribution in [0.15, 0.2) is 29.4 Å². The predicted octanol–water partition coefficient (Wildman–Crippen LogP) is 3.24. The van der Waals surface area contributed by atoms with E-state index in [0.29, 0.717) is 0 Å². The molecule has 0 heterocycles. The molecule has 142 valence electrons. The van der Waals surface area contributed by atoms with Gasteiger partial charge in [-0.1, -0.05) is 42.3 Å². The van der Waals surface area contributed by atoms with E-state index in [-0.39, 0.29) is 24.2 Å². The van der Waals surface area contributed by atoms with E-state index in [1.54, 1.807) is 0 Å². The summed E-state index contributed by atoms with van der Waals surface area (Å²) in [5, 5.41) is 13.3. The Morgan fingerprint density at radius 2 is 1.96 bits per heavy atom. The highest BCUT2D eigenvalue weighted by molar-refractivity contribution is 5.85. The van der Waals surface area contributed by atoms with E-state index in [1.807, 2.05) is 36.9 Å². The molecule has 6 nitrogen and oxygen atoms in total. The van der Waals surface area contributed by atoms with Gasteiger partial charge in [0.2, 0.25) is 11.5 Å². The number of hydrogen-bond acceptors (Lipinski definition) is 4. The molecule has 2 rings (SSSR count). The largest absolute Gasteiger partial charge is 0.478 e. The Balaban J connectivity index is 2.14. The summed E-state index contributed by atoms with van der Waals surface area (Å²) in [6.45, 7) is 4.86. The zero-order valence-electron chi connectivity index (χ0n) is 16.6. The third kappa shape index (κ3) is 5.07. The van der Waals surface area contributed by atoms with Crippen LogP contribution in [0.2, 0.25) is 1.41 Å². The Bertz CT molecular complexity index is 700. The Hall–Kier alpha value is -2.37. The van der Waals surface area contributed by atoms with Crippen LogP contribution >= 0.6 is 0 Å². The molecule has 2 unspecified atom stereocenters. The molecule has 0 bridgehead atoms. The van der Waals surface area contributed by atoms with Crippen molar-refractivity contribution in [2.45, 2.75) is 64.4 Å². The van der Waals surface area contributed by atoms with Gasteiger partial charge in [0.15, 0.2) is 1.41 Å². The SMILES string of the molecule is [2H]NC(=O)Cc1ccc(C2CCCCC2/C(C)=N/OC(C)(C)C(=O)O)cc1. The number of benzene rings is 1. The number of rotatable bonds is 7. The van der Waals surface area contributed by atoms with E-state index in [9.17, 15) is 9.59 Å². The molecule has 1 fully saturated rings. The molecular formula is C20H28N2O4. The number of nitrogens with zero attached hydrogens (tertiary/aromatic N) is 1. The number of aliphatic carboxylic acids is 1. The van der Waals surface area contributed by atoms with Crippen LogP contribution < -0.4 is 5.73 Å². The lowest BCUT2D eigenvalue weighted by molar-refractivity contribution is -0.161. The second-order valence-electron chi connectivity index (χ2n) is 7.48. The molecule has 26 heavy (non-hydrogen) atoms. The van der Waals surface area contributed by atoms with Gasteiger partial charge < -0.3 is 15.7 Å². The molecule has 3 N–H and O–H groups in total. The monoisotopic (exact) mass is 361 g/mol. The fourth-order valence-corrected chi connectivity index (χ4v) is 3.39. The quantitative estimate of drug-likeness (QED) is 0.575. The molecule has 0 spiro atoms. The highest BCUT2D eigenvalue weighted by atomic mass is 16.7. The Labute approximate surface area is 155 Å². The molecule has 1 aromatic rings. The second kappa shape index (κ2) is 8.34. The van der Waals surface area contributed by atoms with Crippen LogP contribution in [0.4, 0.5) is 0 Å². The van der Waals surface area contributed by atoms with E-state index >= 15 is 0 Å². The number of carbonyl (C=O) groups is 2. The maximum Gasteiger partial charge on any atom is 0.350 e. The fraction of sp³-hybridized carbons (Fsp3) is 0.550. The molecule has 1 aliphatic carbocycles. The standard InChI is InChI=1S/C20H28N2O4/c1-13(22-26-20(2,3)19(24)25)16-6-4-5-7-17(16)15-10-8-14(9-11-15)12-18(21)23/h8-11,16-17H,4-7,12H2,1-3H3,(H2,21,23)(H,24,25)/b22-13+/i/hD. The molecule has 6 heteroatoms. The minimum atomic E-state index is -1.36. The van der Waals surface area contributed by atoms with Crippen molar-refractivity contribution in [3.8, 4) is 0 Å². The summed E-state index contributed by atoms with van der Waals surface area (Å²) >= 11 is 0. The van der Waals surface area contributed by atoms with Crippen LogP contribution in [0.5, 0.6) is 0 Å². The van der Waals surface area contributed by atoms with Gasteiger partial charge in [0.05, 0.1) is 12.1 Å². The molecular weight excluding hydrogens is 332 g/mol. The number of carboxylic acids is 1. The number of carbonyl (C=O) groups excluding carboxylic acids is 1. The van der Waals surface area contributed by atoms with Gasteiger partial charge in [-0.2, -0.15) is 0 Å². The van der Waals surface area contributed by atoms with Crippen molar-refractivity contribution in [1.82, 2.24) is 0 Å². The smallest absolute Gasteiger partial charge is 0.350 e. The lowest BCUT2D eigenvalue weighted by Crippen LogP contribution is -2.34. The van der Waals surface area contributed by atoms with Gasteiger partial charge in [-0.05, 0) is 50.7 Å². The Morgan fingerprint density at radius 1 is 1.31 bits per heavy atom. The van der Waals surface area contributed by atoms with Gasteiger partial charge in [-0.25, -0.2) is 4.79 Å². The number of carboxylic acid groups (broad SMARTS) is 1. The lowest BCUT2D eigenvalue weighted by atomic mass is 9.73. The maximum absolute atomic E-state index is 11.3. The van der Waals surface area contributed by atoms with Crippen molar-refractivity contribution in [3.05, 3.63) is 35.4 Å². The van der Waals surface area contributed by atoms with Crippen molar-refractivity contribution in [2.24, 2.45) is 16.8 Å². The van der Waals surface area contributed by atoms with Gasteiger partial charge in [-0.15, -0.1) is 0 Å². The zero-order valence-corrected chi connectivity index (χ0v) is 15.6. The fourth-order valence-electron chi connectivity index (χ4n) is 3.39. The van der Waals surface area contributed by atoms with Crippen molar-refractivity contribution in [1.29, 1.82) is 0 Å². The number of hydrogen-bond donors (Lipinski definition) is 2. The van der Waals surface area contributed by atoms with Crippen molar-refractivity contribution < 1.29 is 20.9 Å². The van der Waals surface area contributed by atoms with E-state index in [2.05, 4.69) is 5.16 Å². The van der Waals surface area contributed by atoms with Crippen molar-refractivity contribution in [2.75, 3.05) is 0 Å². The summed E-state index contributed by atoms with van der Waals surface area (Å²) in [5.41, 5.74) is 3.39. The minimum Gasteiger partial charge on any atom is -0.478 e. The Morgan fingerprint density at radius 3 is 2.58 bits per heavy atom. The summed E-state index contributed by atoms with van der Waals surface area (Å²) in [7, 11) is 0. The highest BCUT2D eigenvalue weighted by Gasteiger charge is 2.32. The van der Waals surface area contributed by atoms with Crippen LogP contribution in [0, 0.1) is 5.92 Å². The minimum absolute atomic E-state index is 0.191. The van der Waals surface area contributed by atoms with E-state index in [0.717, 1.165) is 37.0 Å². The topological polar surface area (TPSA) is 102 Å². The molecule has 1 amide bonds. The molecule has 1 aliphatic rings. The van der Waals surface area contributed by atoms with Crippen molar-refractivity contribution in [3.63, 3.8) is 0 Å². The third-order valence-electron chi connectivity index (χ3n) is 5.01. The summed E-state index contributed by atoms with van der Waals surface area (Å²) in [5.74, 6) is -0.894. The van der Waals surface area contributed by atoms with Crippen LogP contribution in [0.3, 0.4) is 0 Å². The molecule has 0 aromatic heterocycles. The van der Waals surface area contributed by atoms with Crippen LogP contribution in [-0.2, 0) is 20.8 Å². The average Bonchev–Trinajstić information content (AvgIpc) is 2.66. The van der Waals surface area contributed by atoms with Gasteiger partial charge in [0.1, 0.15) is 0 Å². The van der Waals surface area contributed by atoms with E-state index in [4.69, 9.17) is 11.4 Å². The number of oxime groups is 1. The summed E-state index contributed by atoms with van der Waals surface area (Å²) in [6.07, 6.45) is 4.46. The first-order chi connectivity index (χ1) is 12.7. The van der Waals surface area contributed by atoms with Crippen LogP contribution in [-0.4, -0.2) is 28.3 Å². The lowest BCUT2D eigenvalue weighted by Gasteiger charge is -2.32. The summed E-state index contributed by atoms with van der Waals surface area (Å²) in [6, 6.07) is 7.91. The van der Waals surface area contributed by atoms with Crippen LogP contribution in [0.1, 0.15) is 63.5 Å². The first kappa shape index (κ1) is 18.4. The summed E-state index contributed by atoms with van der Waals surface area (Å²) in [4.78, 5) is 27.8. The number of primary amides is 1. The number of amides is 1. The molecule has 0 saturated heterocycles.